The summed E-state index contributed by atoms with van der Waals surface area (Å²) in [6.07, 6.45) is 0.937. The number of aromatic nitrogens is 1. The van der Waals surface area contributed by atoms with E-state index in [4.69, 9.17) is 4.74 Å². The number of H-pyrrole nitrogens is 1. The third-order valence-corrected chi connectivity index (χ3v) is 4.89. The van der Waals surface area contributed by atoms with E-state index in [1.54, 1.807) is 0 Å². The zero-order chi connectivity index (χ0) is 17.2. The fourth-order valence-corrected chi connectivity index (χ4v) is 3.50. The molecule has 1 saturated heterocycles. The maximum absolute atomic E-state index is 12.7. The molecule has 2 aromatic carbocycles. The number of nitrogens with one attached hydrogen (secondary N) is 1. The molecule has 4 heteroatoms. The Hall–Kier alpha value is -2.59. The molecular weight excluding hydrogens is 312 g/mol. The molecule has 0 radical (unpaired) electrons. The number of rotatable bonds is 3. The first-order valence-corrected chi connectivity index (χ1v) is 8.84. The van der Waals surface area contributed by atoms with E-state index in [9.17, 15) is 4.79 Å². The Morgan fingerprint density at radius 1 is 1.08 bits per heavy atom. The molecule has 1 fully saturated rings. The average molecular weight is 334 g/mol. The van der Waals surface area contributed by atoms with Crippen molar-refractivity contribution in [2.45, 2.75) is 13.3 Å². The molecule has 128 valence electrons. The number of ether oxygens (including phenoxy) is 1. The summed E-state index contributed by atoms with van der Waals surface area (Å²) in [5.74, 6) is 0. The van der Waals surface area contributed by atoms with Gasteiger partial charge in [0.1, 0.15) is 0 Å². The van der Waals surface area contributed by atoms with Crippen LogP contribution in [0.15, 0.2) is 53.3 Å². The number of pyridine rings is 1. The number of hydrogen-bond donors (Lipinski definition) is 1. The van der Waals surface area contributed by atoms with Crippen LogP contribution >= 0.6 is 0 Å². The summed E-state index contributed by atoms with van der Waals surface area (Å²) in [6.45, 7) is 5.34. The predicted molar refractivity (Wildman–Crippen MR) is 102 cm³/mol. The van der Waals surface area contributed by atoms with E-state index in [0.29, 0.717) is 0 Å². The van der Waals surface area contributed by atoms with Crippen LogP contribution in [0, 0.1) is 0 Å². The predicted octanol–water partition coefficient (Wildman–Crippen LogP) is 3.59. The first-order chi connectivity index (χ1) is 12.3. The van der Waals surface area contributed by atoms with E-state index in [1.165, 1.54) is 5.56 Å². The van der Waals surface area contributed by atoms with Gasteiger partial charge in [0.25, 0.3) is 5.56 Å². The Bertz CT molecular complexity index is 956. The number of anilines is 1. The van der Waals surface area contributed by atoms with Gasteiger partial charge in [0.15, 0.2) is 0 Å². The van der Waals surface area contributed by atoms with Crippen molar-refractivity contribution < 1.29 is 4.74 Å². The van der Waals surface area contributed by atoms with Crippen molar-refractivity contribution in [2.75, 3.05) is 31.2 Å². The van der Waals surface area contributed by atoms with Crippen molar-refractivity contribution in [3.8, 4) is 11.3 Å². The van der Waals surface area contributed by atoms with E-state index >= 15 is 0 Å². The minimum absolute atomic E-state index is 0.0338. The zero-order valence-corrected chi connectivity index (χ0v) is 14.4. The number of morpholine rings is 1. The van der Waals surface area contributed by atoms with Crippen molar-refractivity contribution >= 4 is 16.5 Å². The first kappa shape index (κ1) is 15.9. The number of fused-ring (bicyclic) bond motifs is 1. The van der Waals surface area contributed by atoms with Gasteiger partial charge in [-0.2, -0.15) is 0 Å². The Balaban J connectivity index is 1.79. The molecule has 0 bridgehead atoms. The third kappa shape index (κ3) is 3.05. The molecule has 0 saturated carbocycles. The molecule has 3 aromatic rings. The minimum Gasteiger partial charge on any atom is -0.378 e. The van der Waals surface area contributed by atoms with Crippen LogP contribution in [-0.4, -0.2) is 31.3 Å². The summed E-state index contributed by atoms with van der Waals surface area (Å²) in [6, 6.07) is 16.4. The Morgan fingerprint density at radius 3 is 2.68 bits per heavy atom. The standard InChI is InChI=1S/C21H22N2O2/c1-2-15-5-3-4-6-18(15)20-13-16-7-8-17(14-19(16)21(24)22-20)23-9-11-25-12-10-23/h3-8,13-14H,2,9-12H2,1H3,(H,22,24). The highest BCUT2D eigenvalue weighted by Crippen LogP contribution is 2.26. The van der Waals surface area contributed by atoms with Crippen LogP contribution in [0.3, 0.4) is 0 Å². The van der Waals surface area contributed by atoms with Crippen LogP contribution in [0.4, 0.5) is 5.69 Å². The first-order valence-electron chi connectivity index (χ1n) is 8.84. The van der Waals surface area contributed by atoms with Crippen molar-refractivity contribution in [3.63, 3.8) is 0 Å². The monoisotopic (exact) mass is 334 g/mol. The van der Waals surface area contributed by atoms with E-state index in [2.05, 4.69) is 41.1 Å². The molecule has 1 aromatic heterocycles. The molecule has 1 aliphatic rings. The smallest absolute Gasteiger partial charge is 0.256 e. The lowest BCUT2D eigenvalue weighted by Gasteiger charge is -2.29. The molecule has 4 nitrogen and oxygen atoms in total. The number of aryl methyl sites for hydroxylation is 1. The van der Waals surface area contributed by atoms with Gasteiger partial charge in [-0.3, -0.25) is 4.79 Å². The van der Waals surface area contributed by atoms with Crippen molar-refractivity contribution in [1.29, 1.82) is 0 Å². The van der Waals surface area contributed by atoms with Gasteiger partial charge in [0, 0.05) is 35.4 Å². The van der Waals surface area contributed by atoms with Gasteiger partial charge in [-0.25, -0.2) is 0 Å². The molecule has 0 amide bonds. The average Bonchev–Trinajstić information content (AvgIpc) is 2.68. The quantitative estimate of drug-likeness (QED) is 0.796. The summed E-state index contributed by atoms with van der Waals surface area (Å²) >= 11 is 0. The molecule has 2 heterocycles. The summed E-state index contributed by atoms with van der Waals surface area (Å²) < 4.78 is 5.41. The molecular formula is C21H22N2O2. The van der Waals surface area contributed by atoms with Crippen LogP contribution in [0.5, 0.6) is 0 Å². The molecule has 4 rings (SSSR count). The summed E-state index contributed by atoms with van der Waals surface area (Å²) in [7, 11) is 0. The molecule has 0 atom stereocenters. The number of hydrogen-bond acceptors (Lipinski definition) is 3. The second-order valence-electron chi connectivity index (χ2n) is 6.39. The number of nitrogens with zero attached hydrogens (tertiary/aromatic N) is 1. The maximum atomic E-state index is 12.7. The van der Waals surface area contributed by atoms with Crippen LogP contribution in [-0.2, 0) is 11.2 Å². The van der Waals surface area contributed by atoms with E-state index in [-0.39, 0.29) is 5.56 Å². The fraction of sp³-hybridized carbons (Fsp3) is 0.286. The van der Waals surface area contributed by atoms with Crippen LogP contribution in [0.1, 0.15) is 12.5 Å². The lowest BCUT2D eigenvalue weighted by molar-refractivity contribution is 0.122. The Labute approximate surface area is 147 Å². The molecule has 0 unspecified atom stereocenters. The largest absolute Gasteiger partial charge is 0.378 e. The highest BCUT2D eigenvalue weighted by Gasteiger charge is 2.13. The second kappa shape index (κ2) is 6.73. The summed E-state index contributed by atoms with van der Waals surface area (Å²) in [5, 5.41) is 1.71. The van der Waals surface area contributed by atoms with Crippen LogP contribution in [0.2, 0.25) is 0 Å². The van der Waals surface area contributed by atoms with E-state index in [1.807, 2.05) is 24.3 Å². The fourth-order valence-electron chi connectivity index (χ4n) is 3.50. The highest BCUT2D eigenvalue weighted by molar-refractivity contribution is 5.88. The lowest BCUT2D eigenvalue weighted by Crippen LogP contribution is -2.36. The van der Waals surface area contributed by atoms with Gasteiger partial charge >= 0.3 is 0 Å². The summed E-state index contributed by atoms with van der Waals surface area (Å²) in [4.78, 5) is 18.0. The van der Waals surface area contributed by atoms with E-state index < -0.39 is 0 Å². The lowest BCUT2D eigenvalue weighted by atomic mass is 10.0. The van der Waals surface area contributed by atoms with Crippen LogP contribution in [0.25, 0.3) is 22.0 Å². The van der Waals surface area contributed by atoms with Crippen molar-refractivity contribution in [2.24, 2.45) is 0 Å². The van der Waals surface area contributed by atoms with Gasteiger partial charge in [-0.1, -0.05) is 37.3 Å². The van der Waals surface area contributed by atoms with Crippen molar-refractivity contribution in [1.82, 2.24) is 4.98 Å². The topological polar surface area (TPSA) is 45.3 Å². The van der Waals surface area contributed by atoms with Gasteiger partial charge in [-0.05, 0) is 35.6 Å². The maximum Gasteiger partial charge on any atom is 0.256 e. The Morgan fingerprint density at radius 2 is 1.88 bits per heavy atom. The summed E-state index contributed by atoms with van der Waals surface area (Å²) in [5.41, 5.74) is 4.27. The van der Waals surface area contributed by atoms with Crippen molar-refractivity contribution in [3.05, 3.63) is 64.4 Å². The Kier molecular flexibility index (Phi) is 4.28. The highest BCUT2D eigenvalue weighted by atomic mass is 16.5. The van der Waals surface area contributed by atoms with Gasteiger partial charge in [-0.15, -0.1) is 0 Å². The van der Waals surface area contributed by atoms with Gasteiger partial charge < -0.3 is 14.6 Å². The van der Waals surface area contributed by atoms with Gasteiger partial charge in [0.05, 0.1) is 13.2 Å². The SMILES string of the molecule is CCc1ccccc1-c1cc2ccc(N3CCOCC3)cc2c(=O)[nH]1. The zero-order valence-electron chi connectivity index (χ0n) is 14.4. The third-order valence-electron chi connectivity index (χ3n) is 4.89. The minimum atomic E-state index is -0.0338. The molecule has 0 aliphatic carbocycles. The number of benzene rings is 2. The van der Waals surface area contributed by atoms with Gasteiger partial charge in [0.2, 0.25) is 0 Å². The second-order valence-corrected chi connectivity index (χ2v) is 6.39. The molecule has 25 heavy (non-hydrogen) atoms. The van der Waals surface area contributed by atoms with Crippen LogP contribution < -0.4 is 10.5 Å². The molecule has 0 spiro atoms. The molecule has 1 N–H and O–H groups in total. The normalized spacial score (nSPS) is 14.8. The molecule has 1 aliphatic heterocycles. The van der Waals surface area contributed by atoms with E-state index in [0.717, 1.165) is 60.4 Å². The number of aromatic amines is 1.